The molecule has 0 aliphatic heterocycles. The average molecular weight is 280 g/mol. The van der Waals surface area contributed by atoms with E-state index in [4.69, 9.17) is 16.3 Å². The molecular formula is C10H12BrClO2. The number of hydrogen-bond donors (Lipinski definition) is 1. The van der Waals surface area contributed by atoms with Gasteiger partial charge in [-0.15, -0.1) is 0 Å². The van der Waals surface area contributed by atoms with E-state index in [1.807, 2.05) is 6.92 Å². The lowest BCUT2D eigenvalue weighted by atomic mass is 10.0. The number of alkyl halides is 1. The van der Waals surface area contributed by atoms with Crippen LogP contribution in [0.2, 0.25) is 5.02 Å². The number of phenols is 1. The average Bonchev–Trinajstić information content (AvgIpc) is 2.19. The Morgan fingerprint density at radius 3 is 2.71 bits per heavy atom. The molecule has 1 aromatic rings. The molecule has 4 heteroatoms. The molecule has 0 bridgehead atoms. The standard InChI is InChI=1S/C10H12BrClO2/c1-6(5-11)8-3-7(12)4-9(14-2)10(8)13/h3-4,6,13H,5H2,1-2H3. The van der Waals surface area contributed by atoms with Crippen LogP contribution in [-0.2, 0) is 0 Å². The lowest BCUT2D eigenvalue weighted by Crippen LogP contribution is -1.96. The van der Waals surface area contributed by atoms with Crippen LogP contribution >= 0.6 is 27.5 Å². The first-order chi connectivity index (χ1) is 6.60. The summed E-state index contributed by atoms with van der Waals surface area (Å²) < 4.78 is 5.01. The van der Waals surface area contributed by atoms with Gasteiger partial charge in [0.2, 0.25) is 0 Å². The van der Waals surface area contributed by atoms with Gasteiger partial charge in [-0.3, -0.25) is 0 Å². The van der Waals surface area contributed by atoms with Crippen molar-refractivity contribution >= 4 is 27.5 Å². The number of aromatic hydroxyl groups is 1. The molecule has 14 heavy (non-hydrogen) atoms. The van der Waals surface area contributed by atoms with E-state index >= 15 is 0 Å². The zero-order valence-electron chi connectivity index (χ0n) is 8.05. The Morgan fingerprint density at radius 1 is 1.57 bits per heavy atom. The summed E-state index contributed by atoms with van der Waals surface area (Å²) in [5, 5.41) is 11.1. The monoisotopic (exact) mass is 278 g/mol. The van der Waals surface area contributed by atoms with E-state index in [2.05, 4.69) is 15.9 Å². The van der Waals surface area contributed by atoms with Crippen molar-refractivity contribution in [3.05, 3.63) is 22.7 Å². The third-order valence-electron chi connectivity index (χ3n) is 2.05. The van der Waals surface area contributed by atoms with Crippen LogP contribution in [0.4, 0.5) is 0 Å². The summed E-state index contributed by atoms with van der Waals surface area (Å²) in [4.78, 5) is 0. The molecule has 1 aromatic carbocycles. The maximum atomic E-state index is 9.81. The quantitative estimate of drug-likeness (QED) is 0.857. The fourth-order valence-electron chi connectivity index (χ4n) is 1.21. The summed E-state index contributed by atoms with van der Waals surface area (Å²) in [6, 6.07) is 3.35. The Morgan fingerprint density at radius 2 is 2.21 bits per heavy atom. The van der Waals surface area contributed by atoms with Crippen molar-refractivity contribution in [2.75, 3.05) is 12.4 Å². The van der Waals surface area contributed by atoms with E-state index in [1.165, 1.54) is 7.11 Å². The number of hydrogen-bond acceptors (Lipinski definition) is 2. The topological polar surface area (TPSA) is 29.5 Å². The number of rotatable bonds is 3. The molecule has 0 aliphatic carbocycles. The van der Waals surface area contributed by atoms with Crippen molar-refractivity contribution in [2.45, 2.75) is 12.8 Å². The molecule has 0 aliphatic rings. The first-order valence-electron chi connectivity index (χ1n) is 4.22. The van der Waals surface area contributed by atoms with Crippen LogP contribution in [0.5, 0.6) is 11.5 Å². The molecular weight excluding hydrogens is 267 g/mol. The van der Waals surface area contributed by atoms with Crippen molar-refractivity contribution < 1.29 is 9.84 Å². The molecule has 2 nitrogen and oxygen atoms in total. The second-order valence-electron chi connectivity index (χ2n) is 3.10. The second-order valence-corrected chi connectivity index (χ2v) is 4.19. The number of methoxy groups -OCH3 is 1. The molecule has 0 fully saturated rings. The highest BCUT2D eigenvalue weighted by Gasteiger charge is 2.14. The summed E-state index contributed by atoms with van der Waals surface area (Å²) in [6.45, 7) is 2.00. The maximum absolute atomic E-state index is 9.81. The van der Waals surface area contributed by atoms with Crippen molar-refractivity contribution in [3.8, 4) is 11.5 Å². The van der Waals surface area contributed by atoms with Crippen molar-refractivity contribution in [1.29, 1.82) is 0 Å². The summed E-state index contributed by atoms with van der Waals surface area (Å²) >= 11 is 9.26. The Bertz CT molecular complexity index is 328. The van der Waals surface area contributed by atoms with Crippen LogP contribution in [0.3, 0.4) is 0 Å². The molecule has 78 valence electrons. The van der Waals surface area contributed by atoms with Crippen molar-refractivity contribution in [3.63, 3.8) is 0 Å². The zero-order valence-corrected chi connectivity index (χ0v) is 10.4. The van der Waals surface area contributed by atoms with Crippen LogP contribution in [-0.4, -0.2) is 17.5 Å². The van der Waals surface area contributed by atoms with Gasteiger partial charge in [0.15, 0.2) is 11.5 Å². The van der Waals surface area contributed by atoms with E-state index < -0.39 is 0 Å². The van der Waals surface area contributed by atoms with Crippen LogP contribution in [0.1, 0.15) is 18.4 Å². The maximum Gasteiger partial charge on any atom is 0.162 e. The van der Waals surface area contributed by atoms with Crippen LogP contribution in [0.15, 0.2) is 12.1 Å². The van der Waals surface area contributed by atoms with Crippen LogP contribution in [0, 0.1) is 0 Å². The number of ether oxygens (including phenoxy) is 1. The summed E-state index contributed by atoms with van der Waals surface area (Å²) in [5.74, 6) is 0.784. The molecule has 0 saturated carbocycles. The normalized spacial score (nSPS) is 12.6. The molecule has 0 aromatic heterocycles. The first kappa shape index (κ1) is 11.7. The number of phenolic OH excluding ortho intramolecular Hbond substituents is 1. The van der Waals surface area contributed by atoms with Gasteiger partial charge in [0, 0.05) is 22.0 Å². The van der Waals surface area contributed by atoms with Gasteiger partial charge >= 0.3 is 0 Å². The van der Waals surface area contributed by atoms with Crippen molar-refractivity contribution in [1.82, 2.24) is 0 Å². The van der Waals surface area contributed by atoms with Gasteiger partial charge < -0.3 is 9.84 Å². The van der Waals surface area contributed by atoms with E-state index in [9.17, 15) is 5.11 Å². The fraction of sp³-hybridized carbons (Fsp3) is 0.400. The second kappa shape index (κ2) is 4.89. The number of halogens is 2. The Balaban J connectivity index is 3.21. The van der Waals surface area contributed by atoms with Crippen LogP contribution < -0.4 is 4.74 Å². The molecule has 0 spiro atoms. The Labute approximate surface area is 97.0 Å². The minimum absolute atomic E-state index is 0.170. The van der Waals surface area contributed by atoms with Gasteiger partial charge in [-0.05, 0) is 12.0 Å². The molecule has 0 radical (unpaired) electrons. The van der Waals surface area contributed by atoms with E-state index in [1.54, 1.807) is 12.1 Å². The summed E-state index contributed by atoms with van der Waals surface area (Å²) in [6.07, 6.45) is 0. The predicted molar refractivity (Wildman–Crippen MR) is 61.9 cm³/mol. The van der Waals surface area contributed by atoms with E-state index in [0.717, 1.165) is 10.9 Å². The lowest BCUT2D eigenvalue weighted by molar-refractivity contribution is 0.369. The minimum atomic E-state index is 0.170. The highest BCUT2D eigenvalue weighted by Crippen LogP contribution is 2.37. The Hall–Kier alpha value is -0.410. The van der Waals surface area contributed by atoms with Gasteiger partial charge in [-0.2, -0.15) is 0 Å². The third kappa shape index (κ3) is 2.34. The van der Waals surface area contributed by atoms with Gasteiger partial charge in [0.25, 0.3) is 0 Å². The van der Waals surface area contributed by atoms with Gasteiger partial charge in [-0.1, -0.05) is 34.5 Å². The van der Waals surface area contributed by atoms with Crippen LogP contribution in [0.25, 0.3) is 0 Å². The minimum Gasteiger partial charge on any atom is -0.504 e. The number of benzene rings is 1. The summed E-state index contributed by atoms with van der Waals surface area (Å²) in [7, 11) is 1.51. The van der Waals surface area contributed by atoms with Crippen molar-refractivity contribution in [2.24, 2.45) is 0 Å². The smallest absolute Gasteiger partial charge is 0.162 e. The lowest BCUT2D eigenvalue weighted by Gasteiger charge is -2.13. The molecule has 1 unspecified atom stereocenters. The first-order valence-corrected chi connectivity index (χ1v) is 5.72. The zero-order chi connectivity index (χ0) is 10.7. The molecule has 1 N–H and O–H groups in total. The molecule has 0 heterocycles. The molecule has 1 atom stereocenters. The predicted octanol–water partition coefficient (Wildman–Crippen LogP) is 3.55. The Kier molecular flexibility index (Phi) is 4.08. The third-order valence-corrected chi connectivity index (χ3v) is 3.24. The molecule has 1 rings (SSSR count). The van der Waals surface area contributed by atoms with E-state index in [-0.39, 0.29) is 11.7 Å². The molecule has 0 amide bonds. The largest absolute Gasteiger partial charge is 0.504 e. The fourth-order valence-corrected chi connectivity index (χ4v) is 1.77. The van der Waals surface area contributed by atoms with Gasteiger partial charge in [-0.25, -0.2) is 0 Å². The SMILES string of the molecule is COc1cc(Cl)cc(C(C)CBr)c1O. The highest BCUT2D eigenvalue weighted by atomic mass is 79.9. The van der Waals surface area contributed by atoms with E-state index in [0.29, 0.717) is 10.8 Å². The van der Waals surface area contributed by atoms with Gasteiger partial charge in [0.1, 0.15) is 0 Å². The van der Waals surface area contributed by atoms with Gasteiger partial charge in [0.05, 0.1) is 7.11 Å². The summed E-state index contributed by atoms with van der Waals surface area (Å²) in [5.41, 5.74) is 0.797. The molecule has 0 saturated heterocycles. The highest BCUT2D eigenvalue weighted by molar-refractivity contribution is 9.09.